The highest BCUT2D eigenvalue weighted by molar-refractivity contribution is 6.02. The fourth-order valence-corrected chi connectivity index (χ4v) is 6.82. The Morgan fingerprint density at radius 1 is 0.979 bits per heavy atom. The lowest BCUT2D eigenvalue weighted by Gasteiger charge is -2.40. The minimum Gasteiger partial charge on any atom is -0.493 e. The minimum absolute atomic E-state index is 0.00118. The van der Waals surface area contributed by atoms with Gasteiger partial charge in [0.2, 0.25) is 0 Å². The van der Waals surface area contributed by atoms with Gasteiger partial charge in [-0.05, 0) is 75.1 Å². The first-order chi connectivity index (χ1) is 22.8. The van der Waals surface area contributed by atoms with E-state index in [9.17, 15) is 14.4 Å². The molecule has 2 amide bonds. The number of nitrogens with zero attached hydrogens (tertiary/aromatic N) is 3. The van der Waals surface area contributed by atoms with Gasteiger partial charge < -0.3 is 35.5 Å². The molecule has 2 bridgehead atoms. The summed E-state index contributed by atoms with van der Waals surface area (Å²) in [6.45, 7) is 5.96. The van der Waals surface area contributed by atoms with Crippen LogP contribution in [0.5, 0.6) is 11.5 Å². The minimum atomic E-state index is -0.608. The Hall–Kier alpha value is -4.68. The average molecular weight is 643 g/mol. The number of benzene rings is 2. The number of Topliss-reactive ketones (excluding diaryl/α,β-unsaturated/α-hetero) is 1. The Bertz CT molecular complexity index is 1590. The zero-order valence-corrected chi connectivity index (χ0v) is 26.9. The lowest BCUT2D eigenvalue weighted by molar-refractivity contribution is 0.0321. The van der Waals surface area contributed by atoms with Gasteiger partial charge in [0.05, 0.1) is 31.6 Å². The second kappa shape index (κ2) is 14.4. The van der Waals surface area contributed by atoms with Crippen LogP contribution in [0.1, 0.15) is 63.7 Å². The average Bonchev–Trinajstić information content (AvgIpc) is 3.34. The second-order valence-electron chi connectivity index (χ2n) is 12.3. The molecule has 3 atom stereocenters. The van der Waals surface area contributed by atoms with E-state index in [0.717, 1.165) is 64.3 Å². The van der Waals surface area contributed by atoms with Crippen LogP contribution in [0.4, 0.5) is 17.2 Å². The van der Waals surface area contributed by atoms with Gasteiger partial charge in [-0.25, -0.2) is 4.98 Å². The summed E-state index contributed by atoms with van der Waals surface area (Å²) >= 11 is 0. The number of amides is 2. The van der Waals surface area contributed by atoms with Crippen LogP contribution in [0.25, 0.3) is 0 Å². The number of methoxy groups -OCH3 is 1. The van der Waals surface area contributed by atoms with Crippen molar-refractivity contribution in [3.05, 3.63) is 71.4 Å². The van der Waals surface area contributed by atoms with Gasteiger partial charge in [0.25, 0.3) is 11.8 Å². The molecule has 0 saturated carbocycles. The molecule has 0 aliphatic carbocycles. The number of carbonyl (C=O) groups excluding carboxylic acids is 3. The molecule has 0 radical (unpaired) electrons. The summed E-state index contributed by atoms with van der Waals surface area (Å²) in [5, 5.41) is 6.49. The Balaban J connectivity index is 1.12. The maximum Gasteiger partial charge on any atom is 0.251 e. The van der Waals surface area contributed by atoms with E-state index in [4.69, 9.17) is 19.9 Å². The highest BCUT2D eigenvalue weighted by Crippen LogP contribution is 2.39. The normalized spacial score (nSPS) is 20.8. The quantitative estimate of drug-likeness (QED) is 0.249. The van der Waals surface area contributed by atoms with Gasteiger partial charge in [0, 0.05) is 66.8 Å². The van der Waals surface area contributed by atoms with Gasteiger partial charge in [-0.1, -0.05) is 0 Å². The van der Waals surface area contributed by atoms with Crippen LogP contribution in [-0.2, 0) is 4.74 Å². The lowest BCUT2D eigenvalue weighted by Crippen LogP contribution is -2.50. The molecule has 3 aliphatic rings. The summed E-state index contributed by atoms with van der Waals surface area (Å²) in [7, 11) is 1.59. The fraction of sp³-hybridized carbons (Fsp3) is 0.429. The number of primary amides is 1. The number of morpholine rings is 1. The smallest absolute Gasteiger partial charge is 0.251 e. The molecule has 3 aliphatic heterocycles. The highest BCUT2D eigenvalue weighted by atomic mass is 16.5. The van der Waals surface area contributed by atoms with Gasteiger partial charge in [-0.3, -0.25) is 19.3 Å². The van der Waals surface area contributed by atoms with Crippen LogP contribution in [-0.4, -0.2) is 92.2 Å². The molecule has 4 heterocycles. The summed E-state index contributed by atoms with van der Waals surface area (Å²) in [6, 6.07) is 14.5. The molecule has 0 unspecified atom stereocenters. The van der Waals surface area contributed by atoms with E-state index >= 15 is 0 Å². The monoisotopic (exact) mass is 642 g/mol. The molecule has 3 aromatic rings. The number of rotatable bonds is 12. The van der Waals surface area contributed by atoms with E-state index in [2.05, 4.69) is 25.4 Å². The first-order valence-electron chi connectivity index (χ1n) is 16.2. The van der Waals surface area contributed by atoms with Crippen LogP contribution >= 0.6 is 0 Å². The topological polar surface area (TPSA) is 148 Å². The maximum atomic E-state index is 13.5. The van der Waals surface area contributed by atoms with Gasteiger partial charge in [-0.15, -0.1) is 0 Å². The highest BCUT2D eigenvalue weighted by Gasteiger charge is 2.41. The van der Waals surface area contributed by atoms with Crippen molar-refractivity contribution in [1.82, 2.24) is 15.2 Å². The third kappa shape index (κ3) is 7.50. The van der Waals surface area contributed by atoms with E-state index in [1.807, 2.05) is 24.3 Å². The van der Waals surface area contributed by atoms with Crippen LogP contribution in [0.15, 0.2) is 54.7 Å². The molecule has 12 heteroatoms. The number of aromatic nitrogens is 1. The third-order valence-corrected chi connectivity index (χ3v) is 9.25. The number of nitrogens with two attached hydrogens (primary N) is 1. The number of hydrogen-bond donors (Lipinski definition) is 3. The van der Waals surface area contributed by atoms with Crippen molar-refractivity contribution in [2.24, 2.45) is 5.73 Å². The molecule has 248 valence electrons. The predicted molar refractivity (Wildman–Crippen MR) is 178 cm³/mol. The Morgan fingerprint density at radius 2 is 1.72 bits per heavy atom. The molecule has 2 aromatic carbocycles. The molecule has 3 saturated heterocycles. The van der Waals surface area contributed by atoms with Crippen molar-refractivity contribution in [3.8, 4) is 11.5 Å². The molecule has 1 aromatic heterocycles. The summed E-state index contributed by atoms with van der Waals surface area (Å²) in [4.78, 5) is 46.7. The molecule has 4 N–H and O–H groups in total. The third-order valence-electron chi connectivity index (χ3n) is 9.25. The lowest BCUT2D eigenvalue weighted by atomic mass is 9.96. The molecular formula is C35H42N6O6. The number of hydrogen-bond acceptors (Lipinski definition) is 10. The van der Waals surface area contributed by atoms with Gasteiger partial charge in [0.15, 0.2) is 17.3 Å². The molecule has 47 heavy (non-hydrogen) atoms. The Labute approximate surface area is 274 Å². The summed E-state index contributed by atoms with van der Waals surface area (Å²) < 4.78 is 17.0. The van der Waals surface area contributed by atoms with E-state index in [1.165, 1.54) is 6.92 Å². The second-order valence-corrected chi connectivity index (χ2v) is 12.3. The van der Waals surface area contributed by atoms with Gasteiger partial charge in [0.1, 0.15) is 12.4 Å². The first kappa shape index (κ1) is 32.3. The zero-order chi connectivity index (χ0) is 32.9. The number of ether oxygens (including phenoxy) is 3. The molecule has 0 spiro atoms. The number of carbonyl (C=O) groups is 3. The number of fused-ring (bicyclic) bond motifs is 2. The Kier molecular flexibility index (Phi) is 9.88. The number of piperidine rings is 1. The number of ketones is 1. The van der Waals surface area contributed by atoms with E-state index < -0.39 is 5.91 Å². The molecule has 3 fully saturated rings. The molecular weight excluding hydrogens is 600 g/mol. The van der Waals surface area contributed by atoms with E-state index in [-0.39, 0.29) is 35.4 Å². The van der Waals surface area contributed by atoms with Crippen LogP contribution in [0.2, 0.25) is 0 Å². The van der Waals surface area contributed by atoms with Crippen molar-refractivity contribution in [1.29, 1.82) is 0 Å². The van der Waals surface area contributed by atoms with Crippen LogP contribution in [0.3, 0.4) is 0 Å². The van der Waals surface area contributed by atoms with Gasteiger partial charge >= 0.3 is 0 Å². The standard InChI is InChI=1S/C35H42N6O6/c1-22(42)24-4-10-33(37-21-24)41-27-6-7-28(41)19-26(18-27)39-35(44)23-3-8-29(34(36)43)30(17-23)38-25-5-9-31(45-2)32(20-25)47-16-13-40-11-14-46-15-12-40/h3-5,8-10,17,20-21,26-28,38H,6-7,11-16,18-19H2,1-2H3,(H2,36,43)(H,39,44)/t26-,27+,28-. The van der Waals surface area contributed by atoms with E-state index in [0.29, 0.717) is 40.6 Å². The van der Waals surface area contributed by atoms with Crippen molar-refractivity contribution in [3.63, 3.8) is 0 Å². The summed E-state index contributed by atoms with van der Waals surface area (Å²) in [6.07, 6.45) is 5.27. The summed E-state index contributed by atoms with van der Waals surface area (Å²) in [5.74, 6) is 1.19. The zero-order valence-electron chi connectivity index (χ0n) is 26.9. The largest absolute Gasteiger partial charge is 0.493 e. The van der Waals surface area contributed by atoms with Crippen molar-refractivity contribution in [2.45, 2.75) is 50.7 Å². The summed E-state index contributed by atoms with van der Waals surface area (Å²) in [5.41, 5.74) is 8.07. The number of nitrogens with one attached hydrogen (secondary N) is 2. The fourth-order valence-electron chi connectivity index (χ4n) is 6.82. The van der Waals surface area contributed by atoms with Crippen LogP contribution in [0, 0.1) is 0 Å². The number of pyridine rings is 1. The maximum absolute atomic E-state index is 13.5. The Morgan fingerprint density at radius 3 is 2.38 bits per heavy atom. The molecule has 6 rings (SSSR count). The SMILES string of the molecule is COc1ccc(Nc2cc(C(=O)N[C@H]3C[C@H]4CC[C@@H](C3)N4c3ccc(C(C)=O)cn3)ccc2C(N)=O)cc1OCCN1CCOCC1. The molecule has 12 nitrogen and oxygen atoms in total. The van der Waals surface area contributed by atoms with Crippen molar-refractivity contribution < 1.29 is 28.6 Å². The van der Waals surface area contributed by atoms with Crippen molar-refractivity contribution >= 4 is 34.8 Å². The van der Waals surface area contributed by atoms with Crippen molar-refractivity contribution in [2.75, 3.05) is 56.8 Å². The number of anilines is 3. The first-order valence-corrected chi connectivity index (χ1v) is 16.2. The van der Waals surface area contributed by atoms with Crippen LogP contribution < -0.4 is 30.7 Å². The van der Waals surface area contributed by atoms with Gasteiger partial charge in [-0.2, -0.15) is 0 Å². The van der Waals surface area contributed by atoms with E-state index in [1.54, 1.807) is 37.6 Å². The predicted octanol–water partition coefficient (Wildman–Crippen LogP) is 3.78.